The Bertz CT molecular complexity index is 542. The minimum atomic E-state index is -0.204. The average Bonchev–Trinajstić information content (AvgIpc) is 2.39. The molecule has 0 fully saturated rings. The highest BCUT2D eigenvalue weighted by atomic mass is 16.1. The first-order chi connectivity index (χ1) is 8.66. The molecule has 0 aliphatic carbocycles. The van der Waals surface area contributed by atoms with E-state index in [4.69, 9.17) is 0 Å². The Hall–Kier alpha value is -2.30. The fourth-order valence-corrected chi connectivity index (χ4v) is 1.58. The van der Waals surface area contributed by atoms with E-state index in [1.807, 2.05) is 26.0 Å². The molecular weight excluding hydrogens is 228 g/mol. The molecule has 0 aliphatic heterocycles. The largest absolute Gasteiger partial charge is 0.344 e. The first-order valence-corrected chi connectivity index (χ1v) is 5.66. The predicted octanol–water partition coefficient (Wildman–Crippen LogP) is 1.67. The fraction of sp³-hybridized carbons (Fsp3) is 0.231. The molecule has 2 aromatic rings. The van der Waals surface area contributed by atoms with Crippen molar-refractivity contribution in [2.45, 2.75) is 19.9 Å². The molecule has 92 valence electrons. The third kappa shape index (κ3) is 2.88. The standard InChI is InChI=1S/C13H14N4O/c1-9-7-12(16-8-15-9)13(18)17-10(2)11-3-5-14-6-4-11/h3-8,10H,1-2H3,(H,17,18)/t10-/m0/s1. The van der Waals surface area contributed by atoms with Crippen LogP contribution in [0.3, 0.4) is 0 Å². The molecule has 0 unspecified atom stereocenters. The number of rotatable bonds is 3. The number of aromatic nitrogens is 3. The van der Waals surface area contributed by atoms with E-state index in [2.05, 4.69) is 20.3 Å². The molecule has 1 N–H and O–H groups in total. The van der Waals surface area contributed by atoms with Gasteiger partial charge in [0.1, 0.15) is 12.0 Å². The molecule has 1 amide bonds. The zero-order chi connectivity index (χ0) is 13.0. The summed E-state index contributed by atoms with van der Waals surface area (Å²) in [5.74, 6) is -0.204. The van der Waals surface area contributed by atoms with Gasteiger partial charge in [-0.1, -0.05) is 0 Å². The maximum atomic E-state index is 12.0. The quantitative estimate of drug-likeness (QED) is 0.889. The Labute approximate surface area is 105 Å². The number of nitrogens with zero attached hydrogens (tertiary/aromatic N) is 3. The second-order valence-corrected chi connectivity index (χ2v) is 4.02. The molecule has 0 radical (unpaired) electrons. The number of amides is 1. The van der Waals surface area contributed by atoms with Gasteiger partial charge in [0.15, 0.2) is 0 Å². The lowest BCUT2D eigenvalue weighted by Gasteiger charge is -2.13. The summed E-state index contributed by atoms with van der Waals surface area (Å²) in [6.45, 7) is 3.74. The summed E-state index contributed by atoms with van der Waals surface area (Å²) >= 11 is 0. The summed E-state index contributed by atoms with van der Waals surface area (Å²) in [6.07, 6.45) is 4.79. The normalized spacial score (nSPS) is 11.9. The molecule has 0 spiro atoms. The van der Waals surface area contributed by atoms with E-state index in [0.717, 1.165) is 11.3 Å². The van der Waals surface area contributed by atoms with Gasteiger partial charge in [0.25, 0.3) is 5.91 Å². The molecular formula is C13H14N4O. The summed E-state index contributed by atoms with van der Waals surface area (Å²) in [5, 5.41) is 2.88. The van der Waals surface area contributed by atoms with Crippen molar-refractivity contribution >= 4 is 5.91 Å². The lowest BCUT2D eigenvalue weighted by molar-refractivity contribution is 0.0934. The van der Waals surface area contributed by atoms with Crippen LogP contribution in [-0.2, 0) is 0 Å². The van der Waals surface area contributed by atoms with Gasteiger partial charge in [0, 0.05) is 18.1 Å². The van der Waals surface area contributed by atoms with Crippen LogP contribution in [0.4, 0.5) is 0 Å². The van der Waals surface area contributed by atoms with Gasteiger partial charge < -0.3 is 5.32 Å². The topological polar surface area (TPSA) is 67.8 Å². The number of carbonyl (C=O) groups excluding carboxylic acids is 1. The zero-order valence-corrected chi connectivity index (χ0v) is 10.3. The summed E-state index contributed by atoms with van der Waals surface area (Å²) in [4.78, 5) is 23.8. The van der Waals surface area contributed by atoms with Crippen LogP contribution in [0.25, 0.3) is 0 Å². The Balaban J connectivity index is 2.08. The second-order valence-electron chi connectivity index (χ2n) is 4.02. The molecule has 2 aromatic heterocycles. The molecule has 0 saturated heterocycles. The Morgan fingerprint density at radius 1 is 1.28 bits per heavy atom. The van der Waals surface area contributed by atoms with Crippen molar-refractivity contribution in [3.63, 3.8) is 0 Å². The van der Waals surface area contributed by atoms with E-state index in [0.29, 0.717) is 5.69 Å². The van der Waals surface area contributed by atoms with Crippen molar-refractivity contribution < 1.29 is 4.79 Å². The third-order valence-corrected chi connectivity index (χ3v) is 2.59. The van der Waals surface area contributed by atoms with Crippen LogP contribution in [-0.4, -0.2) is 20.9 Å². The van der Waals surface area contributed by atoms with Crippen LogP contribution in [0.15, 0.2) is 36.9 Å². The maximum absolute atomic E-state index is 12.0. The summed E-state index contributed by atoms with van der Waals surface area (Å²) < 4.78 is 0. The van der Waals surface area contributed by atoms with Crippen molar-refractivity contribution in [2.75, 3.05) is 0 Å². The second kappa shape index (κ2) is 5.35. The number of aryl methyl sites for hydroxylation is 1. The highest BCUT2D eigenvalue weighted by Crippen LogP contribution is 2.11. The first kappa shape index (κ1) is 12.2. The first-order valence-electron chi connectivity index (χ1n) is 5.66. The molecule has 0 aliphatic rings. The minimum absolute atomic E-state index is 0.0872. The van der Waals surface area contributed by atoms with E-state index in [1.165, 1.54) is 6.33 Å². The van der Waals surface area contributed by atoms with Crippen LogP contribution >= 0.6 is 0 Å². The van der Waals surface area contributed by atoms with Crippen LogP contribution in [0, 0.1) is 6.92 Å². The molecule has 0 bridgehead atoms. The third-order valence-electron chi connectivity index (χ3n) is 2.59. The molecule has 0 saturated carbocycles. The van der Waals surface area contributed by atoms with Gasteiger partial charge >= 0.3 is 0 Å². The van der Waals surface area contributed by atoms with E-state index >= 15 is 0 Å². The van der Waals surface area contributed by atoms with Crippen molar-refractivity contribution in [3.05, 3.63) is 53.9 Å². The predicted molar refractivity (Wildman–Crippen MR) is 66.9 cm³/mol. The maximum Gasteiger partial charge on any atom is 0.270 e. The van der Waals surface area contributed by atoms with Gasteiger partial charge in [-0.2, -0.15) is 0 Å². The van der Waals surface area contributed by atoms with Gasteiger partial charge in [-0.25, -0.2) is 9.97 Å². The molecule has 5 heteroatoms. The number of hydrogen-bond donors (Lipinski definition) is 1. The number of carbonyl (C=O) groups is 1. The monoisotopic (exact) mass is 242 g/mol. The molecule has 0 aromatic carbocycles. The fourth-order valence-electron chi connectivity index (χ4n) is 1.58. The molecule has 18 heavy (non-hydrogen) atoms. The lowest BCUT2D eigenvalue weighted by Crippen LogP contribution is -2.27. The highest BCUT2D eigenvalue weighted by molar-refractivity contribution is 5.92. The van der Waals surface area contributed by atoms with Crippen molar-refractivity contribution in [1.29, 1.82) is 0 Å². The average molecular weight is 242 g/mol. The van der Waals surface area contributed by atoms with Gasteiger partial charge in [0.2, 0.25) is 0 Å². The van der Waals surface area contributed by atoms with Crippen LogP contribution in [0.1, 0.15) is 34.7 Å². The van der Waals surface area contributed by atoms with Gasteiger partial charge in [0.05, 0.1) is 6.04 Å². The van der Waals surface area contributed by atoms with Crippen LogP contribution < -0.4 is 5.32 Å². The Morgan fingerprint density at radius 2 is 2.00 bits per heavy atom. The minimum Gasteiger partial charge on any atom is -0.344 e. The number of nitrogens with one attached hydrogen (secondary N) is 1. The van der Waals surface area contributed by atoms with Gasteiger partial charge in [-0.3, -0.25) is 9.78 Å². The SMILES string of the molecule is Cc1cc(C(=O)N[C@@H](C)c2ccncc2)ncn1. The van der Waals surface area contributed by atoms with Crippen LogP contribution in [0.5, 0.6) is 0 Å². The summed E-state index contributed by atoms with van der Waals surface area (Å²) in [5.41, 5.74) is 2.15. The number of pyridine rings is 1. The van der Waals surface area contributed by atoms with Gasteiger partial charge in [-0.05, 0) is 37.6 Å². The Morgan fingerprint density at radius 3 is 2.67 bits per heavy atom. The highest BCUT2D eigenvalue weighted by Gasteiger charge is 2.12. The van der Waals surface area contributed by atoms with Crippen molar-refractivity contribution in [2.24, 2.45) is 0 Å². The number of hydrogen-bond acceptors (Lipinski definition) is 4. The summed E-state index contributed by atoms with van der Waals surface area (Å²) in [6, 6.07) is 5.32. The van der Waals surface area contributed by atoms with Gasteiger partial charge in [-0.15, -0.1) is 0 Å². The van der Waals surface area contributed by atoms with Crippen LogP contribution in [0.2, 0.25) is 0 Å². The van der Waals surface area contributed by atoms with E-state index in [1.54, 1.807) is 18.5 Å². The summed E-state index contributed by atoms with van der Waals surface area (Å²) in [7, 11) is 0. The van der Waals surface area contributed by atoms with E-state index < -0.39 is 0 Å². The molecule has 5 nitrogen and oxygen atoms in total. The molecule has 2 heterocycles. The smallest absolute Gasteiger partial charge is 0.270 e. The lowest BCUT2D eigenvalue weighted by atomic mass is 10.1. The van der Waals surface area contributed by atoms with E-state index in [-0.39, 0.29) is 11.9 Å². The van der Waals surface area contributed by atoms with E-state index in [9.17, 15) is 4.79 Å². The molecule has 2 rings (SSSR count). The Kier molecular flexibility index (Phi) is 3.62. The van der Waals surface area contributed by atoms with Crippen molar-refractivity contribution in [3.8, 4) is 0 Å². The van der Waals surface area contributed by atoms with Crippen molar-refractivity contribution in [1.82, 2.24) is 20.3 Å². The molecule has 1 atom stereocenters. The zero-order valence-electron chi connectivity index (χ0n) is 10.3.